The van der Waals surface area contributed by atoms with Crippen LogP contribution in [0, 0.1) is 0 Å². The summed E-state index contributed by atoms with van der Waals surface area (Å²) in [5.41, 5.74) is 0. The molecule has 2 aliphatic heterocycles. The van der Waals surface area contributed by atoms with E-state index in [-0.39, 0.29) is 0 Å². The maximum Gasteiger partial charge on any atom is 0.224 e. The predicted molar refractivity (Wildman–Crippen MR) is 68.6 cm³/mol. The highest BCUT2D eigenvalue weighted by molar-refractivity contribution is 4.98. The van der Waals surface area contributed by atoms with E-state index in [1.165, 1.54) is 0 Å². The van der Waals surface area contributed by atoms with Gasteiger partial charge in [0.05, 0.1) is 13.2 Å². The molecule has 2 saturated heterocycles. The second-order valence-corrected chi connectivity index (χ2v) is 5.56. The molecule has 0 aromatic carbocycles. The minimum Gasteiger partial charge on any atom is -0.394 e. The molecule has 0 aromatic heterocycles. The van der Waals surface area contributed by atoms with Gasteiger partial charge >= 0.3 is 0 Å². The number of aliphatic hydroxyl groups excluding tert-OH is 8. The fourth-order valence-corrected chi connectivity index (χ4v) is 2.63. The molecule has 0 radical (unpaired) electrons. The van der Waals surface area contributed by atoms with Crippen molar-refractivity contribution in [3.05, 3.63) is 0 Å². The van der Waals surface area contributed by atoms with Crippen LogP contribution in [0.5, 0.6) is 0 Å². The van der Waals surface area contributed by atoms with Crippen LogP contribution >= 0.6 is 0 Å². The average Bonchev–Trinajstić information content (AvgIpc) is 2.80. The highest BCUT2D eigenvalue weighted by Gasteiger charge is 2.58. The van der Waals surface area contributed by atoms with Gasteiger partial charge in [0.2, 0.25) is 5.79 Å². The lowest BCUT2D eigenvalue weighted by molar-refractivity contribution is -0.383. The summed E-state index contributed by atoms with van der Waals surface area (Å²) in [5.74, 6) is -2.22. The van der Waals surface area contributed by atoms with Crippen molar-refractivity contribution in [2.75, 3.05) is 19.8 Å². The fraction of sp³-hybridized carbons (Fsp3) is 1.00. The van der Waals surface area contributed by atoms with E-state index in [0.717, 1.165) is 0 Å². The zero-order chi connectivity index (χ0) is 17.4. The second kappa shape index (κ2) is 7.21. The Morgan fingerprint density at radius 1 is 0.783 bits per heavy atom. The average molecular weight is 342 g/mol. The van der Waals surface area contributed by atoms with Gasteiger partial charge in [0.25, 0.3) is 0 Å². The quantitative estimate of drug-likeness (QED) is 0.238. The van der Waals surface area contributed by atoms with Crippen molar-refractivity contribution < 1.29 is 55.1 Å². The first kappa shape index (κ1) is 18.9. The summed E-state index contributed by atoms with van der Waals surface area (Å²) in [6.07, 6.45) is -12.7. The molecule has 11 heteroatoms. The van der Waals surface area contributed by atoms with Crippen molar-refractivity contribution in [3.63, 3.8) is 0 Å². The van der Waals surface area contributed by atoms with Gasteiger partial charge in [0.15, 0.2) is 6.29 Å². The zero-order valence-corrected chi connectivity index (χ0v) is 12.0. The Labute approximate surface area is 130 Å². The Bertz CT molecular complexity index is 393. The molecule has 0 unspecified atom stereocenters. The van der Waals surface area contributed by atoms with Crippen LogP contribution in [0.4, 0.5) is 0 Å². The highest BCUT2D eigenvalue weighted by Crippen LogP contribution is 2.35. The lowest BCUT2D eigenvalue weighted by Crippen LogP contribution is -2.62. The number of hydrogen-bond acceptors (Lipinski definition) is 11. The van der Waals surface area contributed by atoms with Gasteiger partial charge in [-0.1, -0.05) is 0 Å². The van der Waals surface area contributed by atoms with Gasteiger partial charge in [0.1, 0.15) is 49.3 Å². The maximum absolute atomic E-state index is 10.00. The normalized spacial score (nSPS) is 51.1. The van der Waals surface area contributed by atoms with Crippen LogP contribution in [0.3, 0.4) is 0 Å². The van der Waals surface area contributed by atoms with E-state index in [1.807, 2.05) is 0 Å². The monoisotopic (exact) mass is 342 g/mol. The van der Waals surface area contributed by atoms with Crippen LogP contribution in [0.25, 0.3) is 0 Å². The minimum atomic E-state index is -2.22. The summed E-state index contributed by atoms with van der Waals surface area (Å²) in [6, 6.07) is 0. The molecule has 0 spiro atoms. The summed E-state index contributed by atoms with van der Waals surface area (Å²) in [5, 5.41) is 76.7. The molecule has 0 aromatic rings. The van der Waals surface area contributed by atoms with E-state index in [9.17, 15) is 30.6 Å². The molecule has 2 rings (SSSR count). The topological polar surface area (TPSA) is 190 Å². The summed E-state index contributed by atoms with van der Waals surface area (Å²) < 4.78 is 15.4. The fourth-order valence-electron chi connectivity index (χ4n) is 2.63. The van der Waals surface area contributed by atoms with Gasteiger partial charge in [-0.15, -0.1) is 0 Å². The number of ether oxygens (including phenoxy) is 3. The van der Waals surface area contributed by atoms with Gasteiger partial charge in [-0.25, -0.2) is 0 Å². The summed E-state index contributed by atoms with van der Waals surface area (Å²) >= 11 is 0. The molecule has 0 amide bonds. The van der Waals surface area contributed by atoms with Crippen LogP contribution in [-0.2, 0) is 14.2 Å². The zero-order valence-electron chi connectivity index (χ0n) is 12.0. The maximum atomic E-state index is 10.00. The van der Waals surface area contributed by atoms with Crippen LogP contribution < -0.4 is 0 Å². The van der Waals surface area contributed by atoms with Gasteiger partial charge in [-0.2, -0.15) is 0 Å². The first-order chi connectivity index (χ1) is 10.8. The molecule has 136 valence electrons. The molecule has 23 heavy (non-hydrogen) atoms. The molecule has 2 aliphatic rings. The van der Waals surface area contributed by atoms with E-state index >= 15 is 0 Å². The molecular formula is C12H22O11. The third-order valence-corrected chi connectivity index (χ3v) is 4.07. The minimum absolute atomic E-state index is 0.669. The first-order valence-electron chi connectivity index (χ1n) is 7.05. The van der Waals surface area contributed by atoms with Crippen molar-refractivity contribution in [1.82, 2.24) is 0 Å². The van der Waals surface area contributed by atoms with Gasteiger partial charge < -0.3 is 55.1 Å². The Balaban J connectivity index is 2.18. The second-order valence-electron chi connectivity index (χ2n) is 5.56. The molecule has 0 aliphatic carbocycles. The largest absolute Gasteiger partial charge is 0.394 e. The molecule has 9 atom stereocenters. The molecule has 8 N–H and O–H groups in total. The molecule has 2 fully saturated rings. The Morgan fingerprint density at radius 3 is 1.87 bits per heavy atom. The van der Waals surface area contributed by atoms with Crippen molar-refractivity contribution in [2.45, 2.75) is 54.8 Å². The third-order valence-electron chi connectivity index (χ3n) is 4.07. The first-order valence-corrected chi connectivity index (χ1v) is 7.05. The van der Waals surface area contributed by atoms with Crippen LogP contribution in [0.1, 0.15) is 0 Å². The number of aliphatic hydroxyl groups is 8. The molecule has 0 saturated carbocycles. The van der Waals surface area contributed by atoms with Crippen molar-refractivity contribution in [2.24, 2.45) is 0 Å². The third kappa shape index (κ3) is 3.23. The number of rotatable bonds is 5. The van der Waals surface area contributed by atoms with Gasteiger partial charge in [-0.3, -0.25) is 0 Å². The Hall–Kier alpha value is -0.440. The van der Waals surface area contributed by atoms with E-state index in [0.29, 0.717) is 0 Å². The van der Waals surface area contributed by atoms with Crippen molar-refractivity contribution >= 4 is 0 Å². The lowest BCUT2D eigenvalue weighted by atomic mass is 9.99. The van der Waals surface area contributed by atoms with Gasteiger partial charge in [0, 0.05) is 0 Å². The van der Waals surface area contributed by atoms with E-state index < -0.39 is 74.6 Å². The Kier molecular flexibility index (Phi) is 5.92. The lowest BCUT2D eigenvalue weighted by Gasteiger charge is -2.43. The SMILES string of the molecule is OC[C@@H]1O[C@](CO)(O[C@H]2O[C@H](CO)[C@H](O)[C@H](O)[C@H]2O)[C@H](O)[C@H]1O. The smallest absolute Gasteiger partial charge is 0.224 e. The van der Waals surface area contributed by atoms with Gasteiger partial charge in [-0.05, 0) is 0 Å². The molecular weight excluding hydrogens is 320 g/mol. The summed E-state index contributed by atoms with van der Waals surface area (Å²) in [7, 11) is 0. The van der Waals surface area contributed by atoms with Crippen LogP contribution in [-0.4, -0.2) is 115 Å². The van der Waals surface area contributed by atoms with Crippen LogP contribution in [0.2, 0.25) is 0 Å². The highest BCUT2D eigenvalue weighted by atomic mass is 16.8. The summed E-state index contributed by atoms with van der Waals surface area (Å²) in [4.78, 5) is 0. The Morgan fingerprint density at radius 2 is 1.39 bits per heavy atom. The number of hydrogen-bond donors (Lipinski definition) is 8. The van der Waals surface area contributed by atoms with Crippen molar-refractivity contribution in [1.29, 1.82) is 0 Å². The van der Waals surface area contributed by atoms with Crippen LogP contribution in [0.15, 0.2) is 0 Å². The molecule has 11 nitrogen and oxygen atoms in total. The van der Waals surface area contributed by atoms with E-state index in [4.69, 9.17) is 24.4 Å². The molecule has 0 bridgehead atoms. The van der Waals surface area contributed by atoms with E-state index in [2.05, 4.69) is 0 Å². The van der Waals surface area contributed by atoms with E-state index in [1.54, 1.807) is 0 Å². The summed E-state index contributed by atoms with van der Waals surface area (Å²) in [6.45, 7) is -2.32. The standard InChI is InChI=1S/C12H22O11/c13-1-4-6(16)8(18)9(19)11(21-4)23-12(3-15)10(20)7(17)5(2-14)22-12/h4-11,13-20H,1-3H2/t4-,5+,6+,7+,8+,9-,10-,11-,12-/m1/s1. The molecule has 2 heterocycles. The predicted octanol–water partition coefficient (Wildman–Crippen LogP) is -5.40. The van der Waals surface area contributed by atoms with Crippen molar-refractivity contribution in [3.8, 4) is 0 Å².